The summed E-state index contributed by atoms with van der Waals surface area (Å²) in [4.78, 5) is 17.5. The Kier molecular flexibility index (Phi) is 7.43. The van der Waals surface area contributed by atoms with E-state index in [1.54, 1.807) is 24.6 Å². The van der Waals surface area contributed by atoms with E-state index in [2.05, 4.69) is 19.9 Å². The van der Waals surface area contributed by atoms with Crippen LogP contribution in [0.3, 0.4) is 0 Å². The predicted octanol–water partition coefficient (Wildman–Crippen LogP) is 2.43. The summed E-state index contributed by atoms with van der Waals surface area (Å²) in [5.74, 6) is 1.38. The average Bonchev–Trinajstić information content (AvgIpc) is 3.19. The Labute approximate surface area is 182 Å². The second kappa shape index (κ2) is 9.84. The summed E-state index contributed by atoms with van der Waals surface area (Å²) in [5.41, 5.74) is 1.21. The molecular formula is C19H23BN4O4S2. The van der Waals surface area contributed by atoms with Crippen LogP contribution < -0.4 is 9.54 Å². The average molecular weight is 446 g/mol. The van der Waals surface area contributed by atoms with Crippen molar-refractivity contribution in [1.82, 2.24) is 15.0 Å². The van der Waals surface area contributed by atoms with E-state index in [4.69, 9.17) is 9.84 Å². The fourth-order valence-electron chi connectivity index (χ4n) is 2.39. The molecule has 0 radical (unpaired) electrons. The van der Waals surface area contributed by atoms with Gasteiger partial charge in [0.05, 0.1) is 0 Å². The summed E-state index contributed by atoms with van der Waals surface area (Å²) in [6.07, 6.45) is 4.07. The van der Waals surface area contributed by atoms with E-state index >= 15 is 0 Å². The Balaban J connectivity index is 2.02. The molecule has 158 valence electrons. The molecule has 0 fully saturated rings. The molecule has 0 saturated carbocycles. The first-order valence-corrected chi connectivity index (χ1v) is 10.9. The number of ether oxygens (including phenoxy) is 1. The molecule has 0 aliphatic heterocycles. The van der Waals surface area contributed by atoms with Gasteiger partial charge in [-0.3, -0.25) is 0 Å². The number of H-pyrrole nitrogens is 1. The Bertz CT molecular complexity index is 1070. The Hall–Kier alpha value is -2.05. The number of rotatable bonds is 8. The van der Waals surface area contributed by atoms with Crippen LogP contribution in [0.1, 0.15) is 31.2 Å². The normalized spacial score (nSPS) is 13.3. The Morgan fingerprint density at radius 3 is 2.83 bits per heavy atom. The van der Waals surface area contributed by atoms with Crippen molar-refractivity contribution in [2.45, 2.75) is 36.5 Å². The number of hydrogen-bond donors (Lipinski definition) is 4. The maximum absolute atomic E-state index is 9.77. The zero-order valence-corrected chi connectivity index (χ0v) is 18.5. The molecule has 4 N–H and O–H groups in total. The summed E-state index contributed by atoms with van der Waals surface area (Å²) >= 11 is 2.77. The fraction of sp³-hybridized carbons (Fsp3) is 0.368. The molecule has 0 aliphatic carbocycles. The van der Waals surface area contributed by atoms with Gasteiger partial charge in [-0.1, -0.05) is 0 Å². The van der Waals surface area contributed by atoms with Crippen LogP contribution in [-0.2, 0) is 0 Å². The molecule has 0 amide bonds. The zero-order valence-electron chi connectivity index (χ0n) is 16.9. The molecule has 3 rings (SSSR count). The summed E-state index contributed by atoms with van der Waals surface area (Å²) in [6.45, 7) is 5.36. The third-order valence-corrected chi connectivity index (χ3v) is 5.98. The van der Waals surface area contributed by atoms with Gasteiger partial charge in [0.2, 0.25) is 0 Å². The summed E-state index contributed by atoms with van der Waals surface area (Å²) in [7, 11) is 0. The summed E-state index contributed by atoms with van der Waals surface area (Å²) < 4.78 is 5.71. The quantitative estimate of drug-likeness (QED) is 0.392. The van der Waals surface area contributed by atoms with Gasteiger partial charge in [0.25, 0.3) is 0 Å². The van der Waals surface area contributed by atoms with Gasteiger partial charge in [-0.25, -0.2) is 0 Å². The minimum absolute atomic E-state index is 0.0157. The number of nitrogens with zero attached hydrogens (tertiary/aromatic N) is 3. The molecule has 0 spiro atoms. The van der Waals surface area contributed by atoms with E-state index in [0.717, 1.165) is 10.6 Å². The van der Waals surface area contributed by atoms with Crippen molar-refractivity contribution in [2.75, 3.05) is 13.2 Å². The van der Waals surface area contributed by atoms with Crippen molar-refractivity contribution in [3.8, 4) is 11.5 Å². The number of aliphatic hydroxyl groups is 3. The number of aromatic amines is 1. The standard InChI is InChI=1S/C19H23BN4O4S2/c1-11-14(5-4-6-21-11)28-15-7-12(29-19(2,3)10-26)8-22-17(15)24-18-23-16(20-30-18)13(27)9-25/h4-8,13,25-27H,9-10H2,1-3H3,(H,22,23,24). The maximum atomic E-state index is 9.77. The molecule has 3 aromatic heterocycles. The van der Waals surface area contributed by atoms with Gasteiger partial charge in [0, 0.05) is 0 Å². The van der Waals surface area contributed by atoms with E-state index in [1.165, 1.54) is 22.9 Å². The van der Waals surface area contributed by atoms with E-state index in [-0.39, 0.29) is 18.0 Å². The summed E-state index contributed by atoms with van der Waals surface area (Å²) in [5, 5.41) is 28.5. The van der Waals surface area contributed by atoms with Crippen molar-refractivity contribution in [2.24, 2.45) is 4.99 Å². The second-order valence-corrected chi connectivity index (χ2v) is 9.77. The first-order valence-electron chi connectivity index (χ1n) is 9.22. The molecule has 1 atom stereocenters. The van der Waals surface area contributed by atoms with Gasteiger partial charge < -0.3 is 0 Å². The molecule has 8 nitrogen and oxygen atoms in total. The van der Waals surface area contributed by atoms with E-state index in [9.17, 15) is 10.2 Å². The van der Waals surface area contributed by atoms with Crippen molar-refractivity contribution >= 4 is 34.9 Å². The molecular weight excluding hydrogens is 423 g/mol. The van der Waals surface area contributed by atoms with Gasteiger partial charge in [-0.15, -0.1) is 0 Å². The molecule has 0 aliphatic rings. The number of hydrogen-bond acceptors (Lipinski definition) is 9. The molecule has 0 bridgehead atoms. The molecule has 0 aromatic carbocycles. The Morgan fingerprint density at radius 1 is 1.33 bits per heavy atom. The van der Waals surface area contributed by atoms with E-state index in [0.29, 0.717) is 27.7 Å². The first kappa shape index (κ1) is 22.6. The van der Waals surface area contributed by atoms with E-state index in [1.807, 2.05) is 32.9 Å². The number of aliphatic hydroxyl groups excluding tert-OH is 3. The van der Waals surface area contributed by atoms with Crippen molar-refractivity contribution < 1.29 is 20.1 Å². The van der Waals surface area contributed by atoms with Crippen LogP contribution >= 0.6 is 22.9 Å². The summed E-state index contributed by atoms with van der Waals surface area (Å²) in [6, 6.07) is 5.43. The first-order chi connectivity index (χ1) is 14.3. The van der Waals surface area contributed by atoms with Crippen molar-refractivity contribution in [3.05, 3.63) is 46.7 Å². The van der Waals surface area contributed by atoms with Crippen LogP contribution in [-0.4, -0.2) is 54.4 Å². The van der Waals surface area contributed by atoms with Crippen LogP contribution in [0.2, 0.25) is 0 Å². The second-order valence-electron chi connectivity index (χ2n) is 7.13. The molecule has 30 heavy (non-hydrogen) atoms. The third kappa shape index (κ3) is 5.76. The fourth-order valence-corrected chi connectivity index (χ4v) is 4.14. The van der Waals surface area contributed by atoms with Crippen molar-refractivity contribution in [1.29, 1.82) is 0 Å². The van der Waals surface area contributed by atoms with Gasteiger partial charge in [0.15, 0.2) is 0 Å². The number of aryl methyl sites for hydroxylation is 1. The number of thioether (sulfide) groups is 1. The minimum atomic E-state index is -0.994. The number of nitrogens with one attached hydrogen (secondary N) is 1. The molecule has 0 saturated heterocycles. The zero-order chi connectivity index (χ0) is 21.7. The van der Waals surface area contributed by atoms with Crippen LogP contribution in [0.4, 0.5) is 5.82 Å². The molecule has 3 aromatic rings. The third-order valence-electron chi connectivity index (χ3n) is 4.05. The van der Waals surface area contributed by atoms with Crippen LogP contribution in [0.25, 0.3) is 0 Å². The van der Waals surface area contributed by atoms with Crippen LogP contribution in [0, 0.1) is 6.92 Å². The topological polar surface area (TPSA) is 124 Å². The van der Waals surface area contributed by atoms with Crippen molar-refractivity contribution in [3.63, 3.8) is 0 Å². The van der Waals surface area contributed by atoms with Gasteiger partial charge in [-0.05, 0) is 0 Å². The molecule has 3 heterocycles. The van der Waals surface area contributed by atoms with Gasteiger partial charge >= 0.3 is 183 Å². The number of aromatic nitrogens is 3. The molecule has 1 unspecified atom stereocenters. The van der Waals surface area contributed by atoms with Gasteiger partial charge in [-0.2, -0.15) is 0 Å². The number of pyridine rings is 2. The SMILES string of the molecule is Cc1ncccc1Oc1cc(SC(C)(C)CO)cnc1/N=c1/[nH]c(C(O)CO)bs1. The van der Waals surface area contributed by atoms with Gasteiger partial charge in [0.1, 0.15) is 0 Å². The molecule has 11 heteroatoms. The van der Waals surface area contributed by atoms with Crippen LogP contribution in [0.15, 0.2) is 40.5 Å². The monoisotopic (exact) mass is 446 g/mol. The Morgan fingerprint density at radius 2 is 2.13 bits per heavy atom. The predicted molar refractivity (Wildman–Crippen MR) is 118 cm³/mol. The van der Waals surface area contributed by atoms with Crippen LogP contribution in [0.5, 0.6) is 11.5 Å². The van der Waals surface area contributed by atoms with E-state index < -0.39 is 6.10 Å².